The summed E-state index contributed by atoms with van der Waals surface area (Å²) < 4.78 is 23.6. The summed E-state index contributed by atoms with van der Waals surface area (Å²) in [7, 11) is 0. The van der Waals surface area contributed by atoms with Gasteiger partial charge in [-0.2, -0.15) is 0 Å². The lowest BCUT2D eigenvalue weighted by Gasteiger charge is -2.24. The molecule has 4 nitrogen and oxygen atoms in total. The predicted octanol–water partition coefficient (Wildman–Crippen LogP) is 7.44. The molecule has 0 spiro atoms. The highest BCUT2D eigenvalue weighted by Gasteiger charge is 2.17. The van der Waals surface area contributed by atoms with Gasteiger partial charge in [0.25, 0.3) is 0 Å². The molecule has 188 valence electrons. The first-order chi connectivity index (χ1) is 15.3. The molecule has 0 amide bonds. The van der Waals surface area contributed by atoms with Crippen LogP contribution in [0, 0.1) is 11.8 Å². The molecule has 0 saturated heterocycles. The van der Waals surface area contributed by atoms with E-state index in [-0.39, 0.29) is 0 Å². The van der Waals surface area contributed by atoms with E-state index in [4.69, 9.17) is 18.9 Å². The van der Waals surface area contributed by atoms with Crippen LogP contribution in [-0.2, 0) is 18.9 Å². The van der Waals surface area contributed by atoms with E-state index in [9.17, 15) is 0 Å². The van der Waals surface area contributed by atoms with Crippen LogP contribution in [-0.4, -0.2) is 52.9 Å². The molecule has 0 bridgehead atoms. The minimum atomic E-state index is 0.666. The van der Waals surface area contributed by atoms with E-state index in [1.165, 1.54) is 32.1 Å². The molecule has 0 rings (SSSR count). The molecule has 0 aromatic heterocycles. The molecule has 4 heteroatoms. The zero-order valence-electron chi connectivity index (χ0n) is 21.6. The number of rotatable bonds is 26. The molecule has 0 atom stereocenters. The first kappa shape index (κ1) is 30.8. The highest BCUT2D eigenvalue weighted by atomic mass is 16.5. The van der Waals surface area contributed by atoms with Gasteiger partial charge >= 0.3 is 0 Å². The standard InChI is InChI=1S/C27H56O4/c1-5-9-17-28-21-13-26(14-22-29-18-10-6-2)25-27(15-23-30-19-11-7-3)16-24-31-20-12-8-4/h26-27H,5-25H2,1-4H3. The van der Waals surface area contributed by atoms with Crippen LogP contribution in [0.3, 0.4) is 0 Å². The molecular weight excluding hydrogens is 388 g/mol. The lowest BCUT2D eigenvalue weighted by Crippen LogP contribution is -2.17. The smallest absolute Gasteiger partial charge is 0.0468 e. The third-order valence-electron chi connectivity index (χ3n) is 5.92. The molecule has 0 aliphatic rings. The highest BCUT2D eigenvalue weighted by Crippen LogP contribution is 2.25. The second-order valence-electron chi connectivity index (χ2n) is 8.99. The van der Waals surface area contributed by atoms with Crippen molar-refractivity contribution >= 4 is 0 Å². The molecule has 0 aliphatic carbocycles. The van der Waals surface area contributed by atoms with Gasteiger partial charge in [-0.3, -0.25) is 0 Å². The van der Waals surface area contributed by atoms with Crippen LogP contribution in [0.2, 0.25) is 0 Å². The normalized spacial score (nSPS) is 11.8. The first-order valence-electron chi connectivity index (χ1n) is 13.6. The summed E-state index contributed by atoms with van der Waals surface area (Å²) >= 11 is 0. The van der Waals surface area contributed by atoms with Crippen LogP contribution in [0.4, 0.5) is 0 Å². The molecule has 0 unspecified atom stereocenters. The topological polar surface area (TPSA) is 36.9 Å². The number of hydrogen-bond acceptors (Lipinski definition) is 4. The van der Waals surface area contributed by atoms with Crippen molar-refractivity contribution in [3.05, 3.63) is 0 Å². The Bertz CT molecular complexity index is 266. The van der Waals surface area contributed by atoms with Crippen LogP contribution >= 0.6 is 0 Å². The van der Waals surface area contributed by atoms with Gasteiger partial charge in [-0.25, -0.2) is 0 Å². The van der Waals surface area contributed by atoms with Crippen LogP contribution in [0.5, 0.6) is 0 Å². The highest BCUT2D eigenvalue weighted by molar-refractivity contribution is 4.68. The van der Waals surface area contributed by atoms with Crippen molar-refractivity contribution in [3.8, 4) is 0 Å². The van der Waals surface area contributed by atoms with E-state index < -0.39 is 0 Å². The number of unbranched alkanes of at least 4 members (excludes halogenated alkanes) is 4. The second-order valence-corrected chi connectivity index (χ2v) is 8.99. The van der Waals surface area contributed by atoms with Gasteiger partial charge in [0.2, 0.25) is 0 Å². The largest absolute Gasteiger partial charge is 0.381 e. The number of ether oxygens (including phenoxy) is 4. The Morgan fingerprint density at radius 1 is 0.387 bits per heavy atom. The monoisotopic (exact) mass is 444 g/mol. The minimum absolute atomic E-state index is 0.666. The van der Waals surface area contributed by atoms with Gasteiger partial charge in [0.15, 0.2) is 0 Å². The molecule has 0 aromatic carbocycles. The van der Waals surface area contributed by atoms with Gasteiger partial charge < -0.3 is 18.9 Å². The van der Waals surface area contributed by atoms with Crippen molar-refractivity contribution < 1.29 is 18.9 Å². The van der Waals surface area contributed by atoms with E-state index >= 15 is 0 Å². The summed E-state index contributed by atoms with van der Waals surface area (Å²) in [5.74, 6) is 1.33. The van der Waals surface area contributed by atoms with Gasteiger partial charge in [-0.15, -0.1) is 0 Å². The van der Waals surface area contributed by atoms with E-state index in [0.29, 0.717) is 11.8 Å². The molecule has 0 aliphatic heterocycles. The Hall–Kier alpha value is -0.160. The summed E-state index contributed by atoms with van der Waals surface area (Å²) in [4.78, 5) is 0. The van der Waals surface area contributed by atoms with Crippen LogP contribution < -0.4 is 0 Å². The van der Waals surface area contributed by atoms with E-state index in [2.05, 4.69) is 27.7 Å². The summed E-state index contributed by atoms with van der Waals surface area (Å²) in [5.41, 5.74) is 0. The van der Waals surface area contributed by atoms with Crippen molar-refractivity contribution in [2.45, 2.75) is 111 Å². The minimum Gasteiger partial charge on any atom is -0.381 e. The molecule has 0 N–H and O–H groups in total. The average Bonchev–Trinajstić information content (AvgIpc) is 2.77. The lowest BCUT2D eigenvalue weighted by molar-refractivity contribution is 0.0706. The summed E-state index contributed by atoms with van der Waals surface area (Å²) in [5, 5.41) is 0. The Balaban J connectivity index is 4.51. The summed E-state index contributed by atoms with van der Waals surface area (Å²) in [6, 6.07) is 0. The first-order valence-corrected chi connectivity index (χ1v) is 13.6. The molecule has 0 aromatic rings. The fourth-order valence-corrected chi connectivity index (χ4v) is 3.63. The van der Waals surface area contributed by atoms with E-state index in [1.54, 1.807) is 0 Å². The second kappa shape index (κ2) is 26.1. The maximum atomic E-state index is 5.89. The Morgan fingerprint density at radius 2 is 0.645 bits per heavy atom. The molecular formula is C27H56O4. The van der Waals surface area contributed by atoms with E-state index in [0.717, 1.165) is 104 Å². The average molecular weight is 445 g/mol. The van der Waals surface area contributed by atoms with Crippen molar-refractivity contribution in [1.29, 1.82) is 0 Å². The Morgan fingerprint density at radius 3 is 0.871 bits per heavy atom. The van der Waals surface area contributed by atoms with Gasteiger partial charge in [-0.05, 0) is 69.6 Å². The molecule has 31 heavy (non-hydrogen) atoms. The summed E-state index contributed by atoms with van der Waals surface area (Å²) in [6.45, 7) is 16.0. The van der Waals surface area contributed by atoms with Crippen molar-refractivity contribution in [2.75, 3.05) is 52.9 Å². The Kier molecular flexibility index (Phi) is 26.0. The molecule has 0 fully saturated rings. The Labute approximate surface area is 195 Å². The van der Waals surface area contributed by atoms with Crippen molar-refractivity contribution in [3.63, 3.8) is 0 Å². The van der Waals surface area contributed by atoms with Crippen LogP contribution in [0.15, 0.2) is 0 Å². The van der Waals surface area contributed by atoms with E-state index in [1.807, 2.05) is 0 Å². The fraction of sp³-hybridized carbons (Fsp3) is 1.00. The molecule has 0 saturated carbocycles. The fourth-order valence-electron chi connectivity index (χ4n) is 3.63. The van der Waals surface area contributed by atoms with Gasteiger partial charge in [0.05, 0.1) is 0 Å². The lowest BCUT2D eigenvalue weighted by atomic mass is 9.86. The number of hydrogen-bond donors (Lipinski definition) is 0. The zero-order chi connectivity index (χ0) is 22.8. The zero-order valence-corrected chi connectivity index (χ0v) is 21.6. The maximum Gasteiger partial charge on any atom is 0.0468 e. The SMILES string of the molecule is CCCCOCCC(CCOCCCC)CC(CCOCCCC)CCOCCCC. The van der Waals surface area contributed by atoms with Crippen molar-refractivity contribution in [1.82, 2.24) is 0 Å². The van der Waals surface area contributed by atoms with Crippen LogP contribution in [0.25, 0.3) is 0 Å². The predicted molar refractivity (Wildman–Crippen MR) is 133 cm³/mol. The molecule has 0 radical (unpaired) electrons. The van der Waals surface area contributed by atoms with Gasteiger partial charge in [0, 0.05) is 52.9 Å². The van der Waals surface area contributed by atoms with Crippen LogP contribution in [0.1, 0.15) is 111 Å². The van der Waals surface area contributed by atoms with Crippen molar-refractivity contribution in [2.24, 2.45) is 11.8 Å². The van der Waals surface area contributed by atoms with Gasteiger partial charge in [0.1, 0.15) is 0 Å². The summed E-state index contributed by atoms with van der Waals surface area (Å²) in [6.07, 6.45) is 15.3. The third kappa shape index (κ3) is 22.8. The maximum absolute atomic E-state index is 5.89. The van der Waals surface area contributed by atoms with Gasteiger partial charge in [-0.1, -0.05) is 53.4 Å². The quantitative estimate of drug-likeness (QED) is 0.130. The third-order valence-corrected chi connectivity index (χ3v) is 5.92. The molecule has 0 heterocycles.